The van der Waals surface area contributed by atoms with Gasteiger partial charge >= 0.3 is 0 Å². The molecule has 0 unspecified atom stereocenters. The monoisotopic (exact) mass is 197 g/mol. The predicted molar refractivity (Wildman–Crippen MR) is 47.2 cm³/mol. The van der Waals surface area contributed by atoms with E-state index in [2.05, 4.69) is 4.85 Å². The Hall–Kier alpha value is -1.40. The summed E-state index contributed by atoms with van der Waals surface area (Å²) in [5.74, 6) is -1.30. The van der Waals surface area contributed by atoms with Gasteiger partial charge in [-0.15, -0.1) is 0 Å². The maximum Gasteiger partial charge on any atom is 0.276 e. The molecule has 13 heavy (non-hydrogen) atoms. The molecule has 0 fully saturated rings. The summed E-state index contributed by atoms with van der Waals surface area (Å²) >= 11 is 5.45. The molecule has 0 aliphatic heterocycles. The second kappa shape index (κ2) is 4.01. The Kier molecular flexibility index (Phi) is 2.99. The van der Waals surface area contributed by atoms with Gasteiger partial charge in [-0.25, -0.2) is 11.0 Å². The summed E-state index contributed by atoms with van der Waals surface area (Å²) in [5.41, 5.74) is -0.122. The molecule has 1 aromatic carbocycles. The van der Waals surface area contributed by atoms with Gasteiger partial charge in [-0.1, -0.05) is 17.7 Å². The average Bonchev–Trinajstić information content (AvgIpc) is 2.10. The Bertz CT molecular complexity index is 384. The minimum Gasteiger partial charge on any atom is -0.308 e. The molecule has 1 rings (SSSR count). The van der Waals surface area contributed by atoms with Crippen molar-refractivity contribution in [1.82, 2.24) is 0 Å². The first-order valence-corrected chi connectivity index (χ1v) is 3.85. The third kappa shape index (κ3) is 2.04. The van der Waals surface area contributed by atoms with Crippen molar-refractivity contribution in [2.75, 3.05) is 6.54 Å². The van der Waals surface area contributed by atoms with E-state index in [1.54, 1.807) is 0 Å². The van der Waals surface area contributed by atoms with Gasteiger partial charge in [0.15, 0.2) is 5.82 Å². The Morgan fingerprint density at radius 2 is 2.31 bits per heavy atom. The molecule has 0 saturated heterocycles. The Labute approximate surface area is 79.8 Å². The summed E-state index contributed by atoms with van der Waals surface area (Å²) in [6.45, 7) is 6.11. The van der Waals surface area contributed by atoms with Gasteiger partial charge in [-0.05, 0) is 12.1 Å². The van der Waals surface area contributed by atoms with Crippen LogP contribution in [0.2, 0.25) is 5.02 Å². The third-order valence-electron chi connectivity index (χ3n) is 1.47. The highest BCUT2D eigenvalue weighted by atomic mass is 35.5. The van der Waals surface area contributed by atoms with Crippen molar-refractivity contribution in [2.24, 2.45) is 0 Å². The zero-order chi connectivity index (χ0) is 9.84. The molecular weight excluding hydrogens is 193 g/mol. The molecule has 2 nitrogen and oxygen atoms in total. The van der Waals surface area contributed by atoms with Crippen LogP contribution in [0.15, 0.2) is 18.2 Å². The molecule has 0 atom stereocenters. The fourth-order valence-electron chi connectivity index (χ4n) is 0.876. The lowest BCUT2D eigenvalue weighted by molar-refractivity contribution is 0.101. The molecule has 4 heteroatoms. The SMILES string of the molecule is [C-]#[N+]CC(=O)c1cccc(Cl)c1F. The number of Topliss-reactive ketones (excluding diaryl/α,β-unsaturated/α-hetero) is 1. The van der Waals surface area contributed by atoms with Crippen molar-refractivity contribution < 1.29 is 9.18 Å². The van der Waals surface area contributed by atoms with Crippen molar-refractivity contribution in [3.05, 3.63) is 46.0 Å². The van der Waals surface area contributed by atoms with E-state index in [0.29, 0.717) is 0 Å². The molecule has 1 aromatic rings. The summed E-state index contributed by atoms with van der Waals surface area (Å²) in [4.78, 5) is 14.0. The summed E-state index contributed by atoms with van der Waals surface area (Å²) in [5, 5.41) is -0.101. The summed E-state index contributed by atoms with van der Waals surface area (Å²) in [6, 6.07) is 4.14. The Balaban J connectivity index is 3.09. The van der Waals surface area contributed by atoms with Crippen LogP contribution in [-0.4, -0.2) is 12.3 Å². The van der Waals surface area contributed by atoms with Crippen LogP contribution >= 0.6 is 11.6 Å². The van der Waals surface area contributed by atoms with Crippen molar-refractivity contribution >= 4 is 17.4 Å². The Morgan fingerprint density at radius 1 is 1.62 bits per heavy atom. The smallest absolute Gasteiger partial charge is 0.276 e. The molecule has 0 aromatic heterocycles. The van der Waals surface area contributed by atoms with Crippen LogP contribution in [0.5, 0.6) is 0 Å². The molecule has 66 valence electrons. The van der Waals surface area contributed by atoms with Crippen LogP contribution in [-0.2, 0) is 0 Å². The number of rotatable bonds is 2. The highest BCUT2D eigenvalue weighted by Gasteiger charge is 2.15. The zero-order valence-electron chi connectivity index (χ0n) is 6.55. The van der Waals surface area contributed by atoms with Gasteiger partial charge in [-0.3, -0.25) is 4.79 Å². The van der Waals surface area contributed by atoms with Gasteiger partial charge in [0.2, 0.25) is 5.78 Å². The average molecular weight is 198 g/mol. The maximum absolute atomic E-state index is 13.1. The van der Waals surface area contributed by atoms with E-state index in [9.17, 15) is 9.18 Å². The number of hydrogen-bond acceptors (Lipinski definition) is 1. The van der Waals surface area contributed by atoms with Crippen molar-refractivity contribution in [2.45, 2.75) is 0 Å². The topological polar surface area (TPSA) is 21.4 Å². The predicted octanol–water partition coefficient (Wildman–Crippen LogP) is 2.58. The van der Waals surface area contributed by atoms with Gasteiger partial charge in [0.05, 0.1) is 10.6 Å². The van der Waals surface area contributed by atoms with Crippen molar-refractivity contribution in [3.8, 4) is 0 Å². The van der Waals surface area contributed by atoms with Gasteiger partial charge in [0, 0.05) is 0 Å². The van der Waals surface area contributed by atoms with E-state index in [0.717, 1.165) is 0 Å². The second-order valence-corrected chi connectivity index (χ2v) is 2.75. The van der Waals surface area contributed by atoms with E-state index in [1.807, 2.05) is 0 Å². The van der Waals surface area contributed by atoms with Crippen molar-refractivity contribution in [1.29, 1.82) is 0 Å². The molecule has 0 saturated carbocycles. The first-order valence-electron chi connectivity index (χ1n) is 3.47. The molecule has 0 radical (unpaired) electrons. The van der Waals surface area contributed by atoms with E-state index < -0.39 is 11.6 Å². The lowest BCUT2D eigenvalue weighted by atomic mass is 10.1. The minimum atomic E-state index is -0.752. The molecule has 0 aliphatic carbocycles. The molecule has 0 aliphatic rings. The fraction of sp³-hybridized carbons (Fsp3) is 0.111. The number of halogens is 2. The number of ketones is 1. The Morgan fingerprint density at radius 3 is 2.92 bits per heavy atom. The molecule has 0 amide bonds. The first kappa shape index (κ1) is 9.69. The largest absolute Gasteiger partial charge is 0.308 e. The minimum absolute atomic E-state index is 0.101. The van der Waals surface area contributed by atoms with Crippen molar-refractivity contribution in [3.63, 3.8) is 0 Å². The van der Waals surface area contributed by atoms with Crippen LogP contribution in [0.25, 0.3) is 4.85 Å². The maximum atomic E-state index is 13.1. The van der Waals surface area contributed by atoms with Gasteiger partial charge < -0.3 is 4.85 Å². The first-order chi connectivity index (χ1) is 6.16. The van der Waals surface area contributed by atoms with Crippen LogP contribution in [0.3, 0.4) is 0 Å². The highest BCUT2D eigenvalue weighted by molar-refractivity contribution is 6.31. The second-order valence-electron chi connectivity index (χ2n) is 2.34. The lowest BCUT2D eigenvalue weighted by Gasteiger charge is -1.98. The zero-order valence-corrected chi connectivity index (χ0v) is 7.31. The standard InChI is InChI=1S/C9H5ClFNO/c1-12-5-8(13)6-3-2-4-7(10)9(6)11/h2-4H,5H2. The van der Waals surface area contributed by atoms with E-state index in [4.69, 9.17) is 18.2 Å². The molecular formula is C9H5ClFNO. The number of hydrogen-bond donors (Lipinski definition) is 0. The normalized spacial score (nSPS) is 9.31. The summed E-state index contributed by atoms with van der Waals surface area (Å²) in [7, 11) is 0. The molecule has 0 spiro atoms. The van der Waals surface area contributed by atoms with Crippen LogP contribution < -0.4 is 0 Å². The van der Waals surface area contributed by atoms with Gasteiger partial charge in [-0.2, -0.15) is 0 Å². The van der Waals surface area contributed by atoms with E-state index in [1.165, 1.54) is 18.2 Å². The highest BCUT2D eigenvalue weighted by Crippen LogP contribution is 2.18. The number of nitrogens with zero attached hydrogens (tertiary/aromatic N) is 1. The number of carbonyl (C=O) groups excluding carboxylic acids is 1. The summed E-state index contributed by atoms with van der Waals surface area (Å²) < 4.78 is 13.1. The van der Waals surface area contributed by atoms with E-state index >= 15 is 0 Å². The number of benzene rings is 1. The van der Waals surface area contributed by atoms with E-state index in [-0.39, 0.29) is 17.1 Å². The number of carbonyl (C=O) groups is 1. The lowest BCUT2D eigenvalue weighted by Crippen LogP contribution is -2.04. The van der Waals surface area contributed by atoms with Gasteiger partial charge in [0.1, 0.15) is 0 Å². The van der Waals surface area contributed by atoms with Crippen LogP contribution in [0, 0.1) is 12.4 Å². The van der Waals surface area contributed by atoms with Crippen LogP contribution in [0.1, 0.15) is 10.4 Å². The third-order valence-corrected chi connectivity index (χ3v) is 1.77. The molecule has 0 heterocycles. The van der Waals surface area contributed by atoms with Crippen LogP contribution in [0.4, 0.5) is 4.39 Å². The molecule has 0 N–H and O–H groups in total. The quantitative estimate of drug-likeness (QED) is 0.528. The summed E-state index contributed by atoms with van der Waals surface area (Å²) in [6.07, 6.45) is 0. The molecule has 0 bridgehead atoms. The fourth-order valence-corrected chi connectivity index (χ4v) is 1.05. The van der Waals surface area contributed by atoms with Gasteiger partial charge in [0.25, 0.3) is 6.54 Å².